The maximum atomic E-state index is 13.3. The molecule has 0 aliphatic carbocycles. The van der Waals surface area contributed by atoms with Gasteiger partial charge in [0.25, 0.3) is 0 Å². The standard InChI is InChI=1S/C13H11F2N3O2.C9H16N2O/c14-9-2-1-7(5-10(9)15)12-8-6-20-4-3-11(8)18(17-12)13(16)19;1-9(2,3)7-8(12)11-6-4-5-10/h1-2,5H,3-4,6H2,(H2,16,19);4,6-7H2,1-3H3,(H,11,12). The molecule has 8 nitrogen and oxygen atoms in total. The van der Waals surface area contributed by atoms with Crippen LogP contribution in [0, 0.1) is 28.4 Å². The number of fused-ring (bicyclic) bond motifs is 1. The number of primary amides is 1. The van der Waals surface area contributed by atoms with Crippen LogP contribution in [-0.2, 0) is 22.6 Å². The molecule has 0 bridgehead atoms. The third-order valence-corrected chi connectivity index (χ3v) is 4.47. The van der Waals surface area contributed by atoms with E-state index in [1.807, 2.05) is 26.8 Å². The summed E-state index contributed by atoms with van der Waals surface area (Å²) in [6.07, 6.45) is 1.39. The van der Waals surface area contributed by atoms with Crippen molar-refractivity contribution in [3.8, 4) is 17.3 Å². The lowest BCUT2D eigenvalue weighted by molar-refractivity contribution is -0.122. The number of rotatable bonds is 4. The normalized spacial score (nSPS) is 12.8. The van der Waals surface area contributed by atoms with E-state index in [1.54, 1.807) is 0 Å². The number of carbonyl (C=O) groups is 2. The number of hydrogen-bond donors (Lipinski definition) is 2. The van der Waals surface area contributed by atoms with E-state index in [0.29, 0.717) is 54.9 Å². The number of ether oxygens (including phenoxy) is 1. The maximum Gasteiger partial charge on any atom is 0.339 e. The Labute approximate surface area is 185 Å². The monoisotopic (exact) mass is 447 g/mol. The van der Waals surface area contributed by atoms with Crippen LogP contribution in [0.3, 0.4) is 0 Å². The summed E-state index contributed by atoms with van der Waals surface area (Å²) in [6.45, 7) is 7.22. The van der Waals surface area contributed by atoms with E-state index in [1.165, 1.54) is 6.07 Å². The summed E-state index contributed by atoms with van der Waals surface area (Å²) in [5, 5.41) is 15.0. The van der Waals surface area contributed by atoms with Crippen molar-refractivity contribution in [1.29, 1.82) is 5.26 Å². The molecule has 3 N–H and O–H groups in total. The summed E-state index contributed by atoms with van der Waals surface area (Å²) in [5.41, 5.74) is 7.40. The first-order chi connectivity index (χ1) is 15.0. The van der Waals surface area contributed by atoms with E-state index in [0.717, 1.165) is 16.8 Å². The van der Waals surface area contributed by atoms with Crippen molar-refractivity contribution in [2.45, 2.75) is 46.6 Å². The molecule has 1 aliphatic heterocycles. The summed E-state index contributed by atoms with van der Waals surface area (Å²) in [4.78, 5) is 22.5. The van der Waals surface area contributed by atoms with Crippen molar-refractivity contribution >= 4 is 11.9 Å². The second kappa shape index (κ2) is 10.8. The average molecular weight is 447 g/mol. The van der Waals surface area contributed by atoms with Gasteiger partial charge in [0.1, 0.15) is 0 Å². The molecule has 0 saturated carbocycles. The highest BCUT2D eigenvalue weighted by Crippen LogP contribution is 2.29. The Morgan fingerprint density at radius 2 is 2.03 bits per heavy atom. The summed E-state index contributed by atoms with van der Waals surface area (Å²) in [6, 6.07) is 4.72. The van der Waals surface area contributed by atoms with Crippen molar-refractivity contribution in [3.63, 3.8) is 0 Å². The average Bonchev–Trinajstić information content (AvgIpc) is 3.09. The molecule has 0 unspecified atom stereocenters. The minimum Gasteiger partial charge on any atom is -0.376 e. The van der Waals surface area contributed by atoms with Crippen LogP contribution in [0.4, 0.5) is 13.6 Å². The van der Waals surface area contributed by atoms with Crippen LogP contribution in [0.5, 0.6) is 0 Å². The minimum atomic E-state index is -0.971. The lowest BCUT2D eigenvalue weighted by Gasteiger charge is -2.16. The molecule has 0 atom stereocenters. The van der Waals surface area contributed by atoms with Gasteiger partial charge in [0.05, 0.1) is 37.1 Å². The van der Waals surface area contributed by atoms with Gasteiger partial charge in [0, 0.05) is 30.5 Å². The van der Waals surface area contributed by atoms with Crippen LogP contribution < -0.4 is 11.1 Å². The first kappa shape index (κ1) is 24.9. The van der Waals surface area contributed by atoms with Crippen LogP contribution in [0.25, 0.3) is 11.3 Å². The number of amides is 2. The van der Waals surface area contributed by atoms with Gasteiger partial charge >= 0.3 is 6.03 Å². The molecular formula is C22H27F2N5O3. The minimum absolute atomic E-state index is 0.0245. The SMILES string of the molecule is CC(C)(C)CC(=O)NCCC#N.NC(=O)n1nc(-c2ccc(F)c(F)c2)c2c1CCOC2. The lowest BCUT2D eigenvalue weighted by atomic mass is 9.92. The molecule has 0 fully saturated rings. The van der Waals surface area contributed by atoms with E-state index in [9.17, 15) is 18.4 Å². The highest BCUT2D eigenvalue weighted by Gasteiger charge is 2.24. The zero-order chi connectivity index (χ0) is 23.9. The third-order valence-electron chi connectivity index (χ3n) is 4.47. The largest absolute Gasteiger partial charge is 0.376 e. The van der Waals surface area contributed by atoms with Crippen LogP contribution in [-0.4, -0.2) is 34.9 Å². The molecule has 2 aromatic rings. The van der Waals surface area contributed by atoms with E-state index in [4.69, 9.17) is 15.7 Å². The second-order valence-corrected chi connectivity index (χ2v) is 8.45. The van der Waals surface area contributed by atoms with Crippen LogP contribution in [0.2, 0.25) is 0 Å². The molecule has 0 radical (unpaired) electrons. The van der Waals surface area contributed by atoms with Gasteiger partial charge in [-0.05, 0) is 23.6 Å². The summed E-state index contributed by atoms with van der Waals surface area (Å²) in [5.74, 6) is -1.88. The lowest BCUT2D eigenvalue weighted by Crippen LogP contribution is -2.28. The molecule has 0 spiro atoms. The Balaban J connectivity index is 0.000000262. The number of carbonyl (C=O) groups excluding carboxylic acids is 2. The fourth-order valence-electron chi connectivity index (χ4n) is 3.10. The van der Waals surface area contributed by atoms with E-state index < -0.39 is 17.7 Å². The van der Waals surface area contributed by atoms with Gasteiger partial charge in [-0.2, -0.15) is 15.0 Å². The van der Waals surface area contributed by atoms with Crippen molar-refractivity contribution in [1.82, 2.24) is 15.1 Å². The van der Waals surface area contributed by atoms with Crippen LogP contribution >= 0.6 is 0 Å². The second-order valence-electron chi connectivity index (χ2n) is 8.45. The first-order valence-corrected chi connectivity index (χ1v) is 10.1. The fourth-order valence-corrected chi connectivity index (χ4v) is 3.10. The van der Waals surface area contributed by atoms with Crippen molar-refractivity contribution < 1.29 is 23.1 Å². The topological polar surface area (TPSA) is 123 Å². The fraction of sp³-hybridized carbons (Fsp3) is 0.455. The molecule has 32 heavy (non-hydrogen) atoms. The quantitative estimate of drug-likeness (QED) is 0.697. The number of nitrogens with one attached hydrogen (secondary N) is 1. The Hall–Kier alpha value is -3.32. The number of halogens is 2. The molecule has 172 valence electrons. The third kappa shape index (κ3) is 6.85. The Morgan fingerprint density at radius 1 is 1.31 bits per heavy atom. The van der Waals surface area contributed by atoms with Gasteiger partial charge in [0.15, 0.2) is 11.6 Å². The predicted molar refractivity (Wildman–Crippen MR) is 113 cm³/mol. The van der Waals surface area contributed by atoms with Crippen molar-refractivity contribution in [3.05, 3.63) is 41.1 Å². The zero-order valence-electron chi connectivity index (χ0n) is 18.4. The number of nitrogens with two attached hydrogens (primary N) is 1. The Bertz CT molecular complexity index is 1020. The van der Waals surface area contributed by atoms with Gasteiger partial charge < -0.3 is 15.8 Å². The first-order valence-electron chi connectivity index (χ1n) is 10.1. The maximum absolute atomic E-state index is 13.3. The molecule has 1 aromatic carbocycles. The number of hydrogen-bond acceptors (Lipinski definition) is 5. The van der Waals surface area contributed by atoms with Gasteiger partial charge in [-0.1, -0.05) is 20.8 Å². The van der Waals surface area contributed by atoms with E-state index in [2.05, 4.69) is 10.4 Å². The Kier molecular flexibility index (Phi) is 8.43. The van der Waals surface area contributed by atoms with E-state index in [-0.39, 0.29) is 17.9 Å². The highest BCUT2D eigenvalue weighted by molar-refractivity contribution is 5.77. The molecular weight excluding hydrogens is 420 g/mol. The molecule has 1 aliphatic rings. The number of benzene rings is 1. The molecule has 2 amide bonds. The number of aromatic nitrogens is 2. The number of nitrogens with zero attached hydrogens (tertiary/aromatic N) is 3. The summed E-state index contributed by atoms with van der Waals surface area (Å²) >= 11 is 0. The summed E-state index contributed by atoms with van der Waals surface area (Å²) < 4.78 is 32.7. The highest BCUT2D eigenvalue weighted by atomic mass is 19.2. The molecule has 0 saturated heterocycles. The van der Waals surface area contributed by atoms with Gasteiger partial charge in [-0.15, -0.1) is 0 Å². The Morgan fingerprint density at radius 3 is 2.62 bits per heavy atom. The molecule has 10 heteroatoms. The molecule has 2 heterocycles. The van der Waals surface area contributed by atoms with Crippen LogP contribution in [0.1, 0.15) is 44.9 Å². The molecule has 1 aromatic heterocycles. The predicted octanol–water partition coefficient (Wildman–Crippen LogP) is 3.28. The molecule has 3 rings (SSSR count). The van der Waals surface area contributed by atoms with E-state index >= 15 is 0 Å². The summed E-state index contributed by atoms with van der Waals surface area (Å²) in [7, 11) is 0. The van der Waals surface area contributed by atoms with Crippen LogP contribution in [0.15, 0.2) is 18.2 Å². The van der Waals surface area contributed by atoms with Gasteiger partial charge in [-0.25, -0.2) is 13.6 Å². The van der Waals surface area contributed by atoms with Gasteiger partial charge in [-0.3, -0.25) is 4.79 Å². The van der Waals surface area contributed by atoms with Gasteiger partial charge in [0.2, 0.25) is 5.91 Å². The van der Waals surface area contributed by atoms with Crippen molar-refractivity contribution in [2.75, 3.05) is 13.2 Å². The zero-order valence-corrected chi connectivity index (χ0v) is 18.4. The van der Waals surface area contributed by atoms with Crippen molar-refractivity contribution in [2.24, 2.45) is 11.1 Å². The number of nitriles is 1. The smallest absolute Gasteiger partial charge is 0.339 e.